The number of nitrogens with one attached hydrogen (secondary N) is 4. The molecule has 114 valence electrons. The summed E-state index contributed by atoms with van der Waals surface area (Å²) in [4.78, 5) is 26.8. The van der Waals surface area contributed by atoms with Crippen molar-refractivity contribution in [2.24, 2.45) is 0 Å². The largest absolute Gasteiger partial charge is 0.332 e. The predicted molar refractivity (Wildman–Crippen MR) is 79.0 cm³/mol. The van der Waals surface area contributed by atoms with E-state index in [1.54, 1.807) is 0 Å². The van der Waals surface area contributed by atoms with Crippen molar-refractivity contribution in [3.63, 3.8) is 0 Å². The van der Waals surface area contributed by atoms with Crippen molar-refractivity contribution in [2.45, 2.75) is 43.0 Å². The van der Waals surface area contributed by atoms with Gasteiger partial charge in [-0.1, -0.05) is 6.42 Å². The molecule has 1 aromatic rings. The van der Waals surface area contributed by atoms with Crippen LogP contribution in [0.1, 0.15) is 25.7 Å². The molecule has 9 heteroatoms. The van der Waals surface area contributed by atoms with Crippen LogP contribution in [-0.4, -0.2) is 50.2 Å². The highest BCUT2D eigenvalue weighted by molar-refractivity contribution is 8.00. The SMILES string of the molecule is O=C(CCCC[C@@H]1SC[C@H]2NC(=O)N[C@@H]12)Nc1ncn[nH]1. The summed E-state index contributed by atoms with van der Waals surface area (Å²) in [5.74, 6) is 1.30. The molecular formula is C12H18N6O2S. The molecule has 0 unspecified atom stereocenters. The van der Waals surface area contributed by atoms with Gasteiger partial charge in [-0.25, -0.2) is 9.89 Å². The van der Waals surface area contributed by atoms with Gasteiger partial charge < -0.3 is 10.6 Å². The van der Waals surface area contributed by atoms with E-state index >= 15 is 0 Å². The Morgan fingerprint density at radius 2 is 2.33 bits per heavy atom. The standard InChI is InChI=1S/C12H18N6O2S/c19-9(16-11-13-6-14-18-11)4-2-1-3-8-10-7(5-21-8)15-12(20)17-10/h6-8,10H,1-5H2,(H2,15,17,20)(H2,13,14,16,18,19)/t7-,8+,10-/m1/s1. The lowest BCUT2D eigenvalue weighted by molar-refractivity contribution is -0.116. The maximum absolute atomic E-state index is 11.7. The van der Waals surface area contributed by atoms with Crippen LogP contribution in [0.2, 0.25) is 0 Å². The predicted octanol–water partition coefficient (Wildman–Crippen LogP) is 0.469. The van der Waals surface area contributed by atoms with Crippen molar-refractivity contribution in [2.75, 3.05) is 11.1 Å². The first kappa shape index (κ1) is 14.2. The molecule has 0 radical (unpaired) electrons. The molecule has 0 aromatic carbocycles. The molecule has 1 aromatic heterocycles. The fourth-order valence-corrected chi connectivity index (χ4v) is 4.28. The van der Waals surface area contributed by atoms with Gasteiger partial charge in [0, 0.05) is 17.4 Å². The number of aromatic amines is 1. The first-order valence-corrected chi connectivity index (χ1v) is 8.11. The van der Waals surface area contributed by atoms with Crippen LogP contribution in [0, 0.1) is 0 Å². The van der Waals surface area contributed by atoms with Crippen molar-refractivity contribution in [3.8, 4) is 0 Å². The number of nitrogens with zero attached hydrogens (tertiary/aromatic N) is 2. The number of urea groups is 1. The van der Waals surface area contributed by atoms with Gasteiger partial charge >= 0.3 is 6.03 Å². The number of rotatable bonds is 6. The molecule has 0 aliphatic carbocycles. The van der Waals surface area contributed by atoms with Gasteiger partial charge in [-0.05, 0) is 12.8 Å². The van der Waals surface area contributed by atoms with Crippen molar-refractivity contribution in [3.05, 3.63) is 6.33 Å². The number of unbranched alkanes of at least 4 members (excludes halogenated alkanes) is 1. The number of hydrogen-bond donors (Lipinski definition) is 4. The number of thioether (sulfide) groups is 1. The summed E-state index contributed by atoms with van der Waals surface area (Å²) in [6.07, 6.45) is 4.64. The van der Waals surface area contributed by atoms with E-state index in [4.69, 9.17) is 0 Å². The zero-order valence-electron chi connectivity index (χ0n) is 11.5. The molecule has 2 fully saturated rings. The Bertz CT molecular complexity index is 508. The third-order valence-electron chi connectivity index (χ3n) is 3.75. The molecule has 0 spiro atoms. The number of hydrogen-bond acceptors (Lipinski definition) is 5. The molecular weight excluding hydrogens is 292 g/mol. The molecule has 21 heavy (non-hydrogen) atoms. The molecule has 3 heterocycles. The lowest BCUT2D eigenvalue weighted by Gasteiger charge is -2.16. The Balaban J connectivity index is 1.33. The molecule has 8 nitrogen and oxygen atoms in total. The lowest BCUT2D eigenvalue weighted by Crippen LogP contribution is -2.36. The number of anilines is 1. The molecule has 4 N–H and O–H groups in total. The maximum Gasteiger partial charge on any atom is 0.315 e. The summed E-state index contributed by atoms with van der Waals surface area (Å²) >= 11 is 1.90. The third-order valence-corrected chi connectivity index (χ3v) is 5.26. The van der Waals surface area contributed by atoms with Crippen molar-refractivity contribution in [1.29, 1.82) is 0 Å². The molecule has 2 aliphatic heterocycles. The number of carbonyl (C=O) groups excluding carboxylic acids is 2. The summed E-state index contributed by atoms with van der Waals surface area (Å²) in [6, 6.07) is 0.453. The quantitative estimate of drug-likeness (QED) is 0.451. The van der Waals surface area contributed by atoms with E-state index in [-0.39, 0.29) is 24.0 Å². The van der Waals surface area contributed by atoms with Gasteiger partial charge in [-0.2, -0.15) is 21.8 Å². The van der Waals surface area contributed by atoms with Gasteiger partial charge in [0.1, 0.15) is 6.33 Å². The second-order valence-corrected chi connectivity index (χ2v) is 6.52. The summed E-state index contributed by atoms with van der Waals surface area (Å²) in [6.45, 7) is 0. The fraction of sp³-hybridized carbons (Fsp3) is 0.667. The zero-order valence-corrected chi connectivity index (χ0v) is 12.3. The van der Waals surface area contributed by atoms with Gasteiger partial charge in [0.05, 0.1) is 12.1 Å². The molecule has 0 saturated carbocycles. The maximum atomic E-state index is 11.7. The minimum Gasteiger partial charge on any atom is -0.332 e. The van der Waals surface area contributed by atoms with Crippen molar-refractivity contribution < 1.29 is 9.59 Å². The summed E-state index contributed by atoms with van der Waals surface area (Å²) in [7, 11) is 0. The average Bonchev–Trinajstić information content (AvgIpc) is 3.13. The first-order chi connectivity index (χ1) is 10.2. The van der Waals surface area contributed by atoms with Gasteiger partial charge in [0.2, 0.25) is 11.9 Å². The Kier molecular flexibility index (Phi) is 4.28. The highest BCUT2D eigenvalue weighted by Gasteiger charge is 2.42. The van der Waals surface area contributed by atoms with Gasteiger partial charge in [-0.15, -0.1) is 0 Å². The minimum absolute atomic E-state index is 0.0539. The summed E-state index contributed by atoms with van der Waals surface area (Å²) in [5.41, 5.74) is 0. The normalized spacial score (nSPS) is 27.0. The topological polar surface area (TPSA) is 112 Å². The minimum atomic E-state index is -0.0560. The summed E-state index contributed by atoms with van der Waals surface area (Å²) in [5, 5.41) is 15.3. The highest BCUT2D eigenvalue weighted by atomic mass is 32.2. The van der Waals surface area contributed by atoms with Gasteiger partial charge in [0.25, 0.3) is 0 Å². The van der Waals surface area contributed by atoms with E-state index in [0.717, 1.165) is 25.0 Å². The van der Waals surface area contributed by atoms with Crippen LogP contribution in [0.15, 0.2) is 6.33 Å². The van der Waals surface area contributed by atoms with E-state index in [1.807, 2.05) is 11.8 Å². The fourth-order valence-electron chi connectivity index (χ4n) is 2.73. The number of fused-ring (bicyclic) bond motifs is 1. The smallest absolute Gasteiger partial charge is 0.315 e. The third kappa shape index (κ3) is 3.46. The van der Waals surface area contributed by atoms with Crippen LogP contribution in [0.5, 0.6) is 0 Å². The number of carbonyl (C=O) groups is 2. The van der Waals surface area contributed by atoms with Gasteiger partial charge in [0.15, 0.2) is 0 Å². The van der Waals surface area contributed by atoms with E-state index in [9.17, 15) is 9.59 Å². The summed E-state index contributed by atoms with van der Waals surface area (Å²) < 4.78 is 0. The zero-order chi connectivity index (χ0) is 14.7. The molecule has 3 rings (SSSR count). The lowest BCUT2D eigenvalue weighted by atomic mass is 10.0. The van der Waals surface area contributed by atoms with Crippen LogP contribution >= 0.6 is 11.8 Å². The highest BCUT2D eigenvalue weighted by Crippen LogP contribution is 2.33. The van der Waals surface area contributed by atoms with E-state index in [0.29, 0.717) is 17.6 Å². The second kappa shape index (κ2) is 6.33. The van der Waals surface area contributed by atoms with Crippen LogP contribution in [0.4, 0.5) is 10.7 Å². The van der Waals surface area contributed by atoms with Crippen LogP contribution in [0.3, 0.4) is 0 Å². The molecule has 0 bridgehead atoms. The Hall–Kier alpha value is -1.77. The first-order valence-electron chi connectivity index (χ1n) is 7.06. The van der Waals surface area contributed by atoms with E-state index in [1.165, 1.54) is 6.33 Å². The Morgan fingerprint density at radius 3 is 3.14 bits per heavy atom. The molecule has 2 saturated heterocycles. The van der Waals surface area contributed by atoms with Crippen LogP contribution in [0.25, 0.3) is 0 Å². The molecule has 3 atom stereocenters. The second-order valence-electron chi connectivity index (χ2n) is 5.25. The Morgan fingerprint density at radius 1 is 1.43 bits per heavy atom. The molecule has 2 aliphatic rings. The van der Waals surface area contributed by atoms with Crippen molar-refractivity contribution >= 4 is 29.6 Å². The van der Waals surface area contributed by atoms with Crippen LogP contribution < -0.4 is 16.0 Å². The van der Waals surface area contributed by atoms with Crippen LogP contribution in [-0.2, 0) is 4.79 Å². The van der Waals surface area contributed by atoms with E-state index in [2.05, 4.69) is 31.1 Å². The monoisotopic (exact) mass is 310 g/mol. The molecule has 3 amide bonds. The number of amides is 3. The Labute approximate surface area is 126 Å². The number of H-pyrrole nitrogens is 1. The van der Waals surface area contributed by atoms with Crippen molar-refractivity contribution in [1.82, 2.24) is 25.8 Å². The van der Waals surface area contributed by atoms with Gasteiger partial charge in [-0.3, -0.25) is 10.1 Å². The average molecular weight is 310 g/mol. The number of aromatic nitrogens is 3. The van der Waals surface area contributed by atoms with E-state index < -0.39 is 0 Å².